The standard InChI is InChI=1S/C16H12Cl2N4O4S2/c1-26-13-7-6-11(18)8-12(13)22-28(24,25)16-21-20-15(27-16)19-14(23)9-2-4-10(17)5-3-9/h2-8,22H,1H3,(H,19,20,23). The van der Waals surface area contributed by atoms with Crippen LogP contribution in [0.25, 0.3) is 0 Å². The molecule has 0 radical (unpaired) electrons. The summed E-state index contributed by atoms with van der Waals surface area (Å²) >= 11 is 12.4. The Balaban J connectivity index is 1.78. The maximum atomic E-state index is 12.6. The number of benzene rings is 2. The van der Waals surface area contributed by atoms with Gasteiger partial charge < -0.3 is 4.74 Å². The Morgan fingerprint density at radius 1 is 1.07 bits per heavy atom. The highest BCUT2D eigenvalue weighted by Gasteiger charge is 2.23. The highest BCUT2D eigenvalue weighted by atomic mass is 35.5. The summed E-state index contributed by atoms with van der Waals surface area (Å²) in [5.41, 5.74) is 0.489. The van der Waals surface area contributed by atoms with Crippen molar-refractivity contribution in [2.45, 2.75) is 4.34 Å². The maximum absolute atomic E-state index is 12.6. The van der Waals surface area contributed by atoms with E-state index in [9.17, 15) is 13.2 Å². The number of rotatable bonds is 6. The maximum Gasteiger partial charge on any atom is 0.291 e. The molecule has 3 rings (SSSR count). The first kappa shape index (κ1) is 20.3. The zero-order chi connectivity index (χ0) is 20.3. The quantitative estimate of drug-likeness (QED) is 0.541. The van der Waals surface area contributed by atoms with Crippen LogP contribution >= 0.6 is 34.5 Å². The zero-order valence-electron chi connectivity index (χ0n) is 14.1. The summed E-state index contributed by atoms with van der Waals surface area (Å²) in [5.74, 6) is -0.185. The predicted molar refractivity (Wildman–Crippen MR) is 108 cm³/mol. The fourth-order valence-corrected chi connectivity index (χ4v) is 4.34. The number of anilines is 2. The molecule has 0 atom stereocenters. The fraction of sp³-hybridized carbons (Fsp3) is 0.0625. The van der Waals surface area contributed by atoms with Crippen molar-refractivity contribution in [1.82, 2.24) is 10.2 Å². The molecule has 0 aliphatic heterocycles. The van der Waals surface area contributed by atoms with Gasteiger partial charge in [-0.3, -0.25) is 14.8 Å². The molecule has 0 saturated carbocycles. The minimum atomic E-state index is -4.06. The van der Waals surface area contributed by atoms with Gasteiger partial charge >= 0.3 is 0 Å². The Morgan fingerprint density at radius 3 is 2.43 bits per heavy atom. The molecule has 2 N–H and O–H groups in total. The van der Waals surface area contributed by atoms with E-state index in [1.807, 2.05) is 0 Å². The Labute approximate surface area is 174 Å². The summed E-state index contributed by atoms with van der Waals surface area (Å²) in [6.45, 7) is 0. The largest absolute Gasteiger partial charge is 0.495 e. The van der Waals surface area contributed by atoms with Gasteiger partial charge in [0.05, 0.1) is 12.8 Å². The van der Waals surface area contributed by atoms with Crippen molar-refractivity contribution < 1.29 is 17.9 Å². The number of aromatic nitrogens is 2. The lowest BCUT2D eigenvalue weighted by Crippen LogP contribution is -2.13. The number of carbonyl (C=O) groups excluding carboxylic acids is 1. The molecule has 28 heavy (non-hydrogen) atoms. The monoisotopic (exact) mass is 458 g/mol. The SMILES string of the molecule is COc1ccc(Cl)cc1NS(=O)(=O)c1nnc(NC(=O)c2ccc(Cl)cc2)s1. The molecule has 3 aromatic rings. The number of halogens is 2. The number of amides is 1. The number of methoxy groups -OCH3 is 1. The summed E-state index contributed by atoms with van der Waals surface area (Å²) in [6.07, 6.45) is 0. The lowest BCUT2D eigenvalue weighted by Gasteiger charge is -2.10. The van der Waals surface area contributed by atoms with Crippen molar-refractivity contribution in [2.24, 2.45) is 0 Å². The number of hydrogen-bond acceptors (Lipinski definition) is 7. The first-order valence-electron chi connectivity index (χ1n) is 7.55. The Bertz CT molecular complexity index is 1120. The average molecular weight is 459 g/mol. The number of nitrogens with one attached hydrogen (secondary N) is 2. The minimum Gasteiger partial charge on any atom is -0.495 e. The highest BCUT2D eigenvalue weighted by molar-refractivity contribution is 7.94. The van der Waals surface area contributed by atoms with Crippen LogP contribution in [0.1, 0.15) is 10.4 Å². The van der Waals surface area contributed by atoms with Crippen LogP contribution in [0, 0.1) is 0 Å². The Hall–Kier alpha value is -2.40. The van der Waals surface area contributed by atoms with Crippen molar-refractivity contribution in [3.05, 3.63) is 58.1 Å². The first-order valence-corrected chi connectivity index (χ1v) is 10.6. The molecule has 0 unspecified atom stereocenters. The number of ether oxygens (including phenoxy) is 1. The van der Waals surface area contributed by atoms with E-state index in [2.05, 4.69) is 20.2 Å². The molecule has 0 aliphatic carbocycles. The summed E-state index contributed by atoms with van der Waals surface area (Å²) < 4.78 is 32.2. The van der Waals surface area contributed by atoms with Crippen LogP contribution in [0.15, 0.2) is 46.8 Å². The second kappa shape index (κ2) is 8.31. The van der Waals surface area contributed by atoms with Crippen LogP contribution in [0.2, 0.25) is 10.0 Å². The molecule has 0 bridgehead atoms. The van der Waals surface area contributed by atoms with Gasteiger partial charge in [0.15, 0.2) is 0 Å². The van der Waals surface area contributed by atoms with E-state index < -0.39 is 15.9 Å². The molecule has 146 valence electrons. The van der Waals surface area contributed by atoms with Gasteiger partial charge in [0.1, 0.15) is 5.75 Å². The molecule has 0 aliphatic rings. The predicted octanol–water partition coefficient (Wildman–Crippen LogP) is 3.91. The lowest BCUT2D eigenvalue weighted by atomic mass is 10.2. The van der Waals surface area contributed by atoms with Gasteiger partial charge in [0.25, 0.3) is 20.3 Å². The molecule has 0 spiro atoms. The third-order valence-corrected chi connectivity index (χ3v) is 6.43. The highest BCUT2D eigenvalue weighted by Crippen LogP contribution is 2.31. The Kier molecular flexibility index (Phi) is 6.04. The van der Waals surface area contributed by atoms with Crippen molar-refractivity contribution in [2.75, 3.05) is 17.1 Å². The van der Waals surface area contributed by atoms with Gasteiger partial charge in [-0.1, -0.05) is 34.5 Å². The van der Waals surface area contributed by atoms with Crippen LogP contribution in [0.3, 0.4) is 0 Å². The third kappa shape index (κ3) is 4.71. The van der Waals surface area contributed by atoms with Crippen molar-refractivity contribution in [3.8, 4) is 5.75 Å². The van der Waals surface area contributed by atoms with E-state index in [-0.39, 0.29) is 20.9 Å². The molecule has 0 fully saturated rings. The average Bonchev–Trinajstić information content (AvgIpc) is 3.11. The summed E-state index contributed by atoms with van der Waals surface area (Å²) in [4.78, 5) is 12.2. The summed E-state index contributed by atoms with van der Waals surface area (Å²) in [7, 11) is -2.66. The molecular formula is C16H12Cl2N4O4S2. The normalized spacial score (nSPS) is 11.1. The molecule has 1 heterocycles. The van der Waals surface area contributed by atoms with E-state index in [0.717, 1.165) is 0 Å². The van der Waals surface area contributed by atoms with Crippen LogP contribution in [-0.4, -0.2) is 31.6 Å². The molecule has 2 aromatic carbocycles. The molecule has 12 heteroatoms. The smallest absolute Gasteiger partial charge is 0.291 e. The van der Waals surface area contributed by atoms with Gasteiger partial charge in [-0.25, -0.2) is 0 Å². The summed E-state index contributed by atoms with van der Waals surface area (Å²) in [5, 5.41) is 10.7. The number of nitrogens with zero attached hydrogens (tertiary/aromatic N) is 2. The first-order chi connectivity index (χ1) is 13.3. The lowest BCUT2D eigenvalue weighted by molar-refractivity contribution is 0.102. The third-order valence-electron chi connectivity index (χ3n) is 3.37. The van der Waals surface area contributed by atoms with Gasteiger partial charge in [-0.05, 0) is 42.5 Å². The van der Waals surface area contributed by atoms with Gasteiger partial charge in [-0.15, -0.1) is 10.2 Å². The number of hydrogen-bond donors (Lipinski definition) is 2. The van der Waals surface area contributed by atoms with Crippen LogP contribution in [0.4, 0.5) is 10.8 Å². The molecule has 0 saturated heterocycles. The topological polar surface area (TPSA) is 110 Å². The number of sulfonamides is 1. The van der Waals surface area contributed by atoms with Crippen molar-refractivity contribution >= 4 is 61.3 Å². The van der Waals surface area contributed by atoms with Crippen LogP contribution < -0.4 is 14.8 Å². The molecule has 1 amide bonds. The van der Waals surface area contributed by atoms with Crippen LogP contribution in [0.5, 0.6) is 5.75 Å². The van der Waals surface area contributed by atoms with Gasteiger partial charge in [0, 0.05) is 15.6 Å². The molecule has 8 nitrogen and oxygen atoms in total. The van der Waals surface area contributed by atoms with Crippen molar-refractivity contribution in [3.63, 3.8) is 0 Å². The summed E-state index contributed by atoms with van der Waals surface area (Å²) in [6, 6.07) is 10.7. The zero-order valence-corrected chi connectivity index (χ0v) is 17.3. The van der Waals surface area contributed by atoms with Gasteiger partial charge in [-0.2, -0.15) is 8.42 Å². The van der Waals surface area contributed by atoms with Crippen molar-refractivity contribution in [1.29, 1.82) is 0 Å². The van der Waals surface area contributed by atoms with E-state index in [4.69, 9.17) is 27.9 Å². The van der Waals surface area contributed by atoms with E-state index in [1.54, 1.807) is 18.2 Å². The Morgan fingerprint density at radius 2 is 1.75 bits per heavy atom. The molecular weight excluding hydrogens is 447 g/mol. The second-order valence-corrected chi connectivity index (χ2v) is 8.99. The fourth-order valence-electron chi connectivity index (χ4n) is 2.09. The second-order valence-electron chi connectivity index (χ2n) is 5.28. The van der Waals surface area contributed by atoms with E-state index in [0.29, 0.717) is 26.9 Å². The van der Waals surface area contributed by atoms with Crippen LogP contribution in [-0.2, 0) is 10.0 Å². The molecule has 1 aromatic heterocycles. The minimum absolute atomic E-state index is 0.0263. The number of carbonyl (C=O) groups is 1. The van der Waals surface area contributed by atoms with E-state index >= 15 is 0 Å². The van der Waals surface area contributed by atoms with E-state index in [1.165, 1.54) is 31.4 Å². The van der Waals surface area contributed by atoms with Gasteiger partial charge in [0.2, 0.25) is 5.13 Å².